The van der Waals surface area contributed by atoms with Crippen LogP contribution in [0, 0.1) is 6.92 Å². The van der Waals surface area contributed by atoms with Crippen molar-refractivity contribution in [3.8, 4) is 11.3 Å². The Kier molecular flexibility index (Phi) is 2.50. The summed E-state index contributed by atoms with van der Waals surface area (Å²) in [4.78, 5) is 2.09. The topological polar surface area (TPSA) is 16.4 Å². The van der Waals surface area contributed by atoms with Crippen LogP contribution in [0.4, 0.5) is 5.69 Å². The van der Waals surface area contributed by atoms with Crippen LogP contribution in [-0.2, 0) is 0 Å². The molecular weight excluding hydrogens is 186 g/mol. The third kappa shape index (κ3) is 1.89. The summed E-state index contributed by atoms with van der Waals surface area (Å²) in [5.74, 6) is 0.927. The van der Waals surface area contributed by atoms with Gasteiger partial charge in [-0.2, -0.15) is 0 Å². The van der Waals surface area contributed by atoms with Crippen LogP contribution < -0.4 is 4.90 Å². The van der Waals surface area contributed by atoms with Crippen LogP contribution in [0.1, 0.15) is 5.56 Å². The first-order valence-electron chi connectivity index (χ1n) is 5.00. The molecule has 0 N–H and O–H groups in total. The lowest BCUT2D eigenvalue weighted by Gasteiger charge is -2.14. The number of nitrogens with zero attached hydrogens (tertiary/aromatic N) is 1. The molecule has 0 spiro atoms. The van der Waals surface area contributed by atoms with Gasteiger partial charge in [0.25, 0.3) is 0 Å². The second-order valence-electron chi connectivity index (χ2n) is 3.87. The first-order valence-corrected chi connectivity index (χ1v) is 5.00. The molecule has 1 heterocycles. The summed E-state index contributed by atoms with van der Waals surface area (Å²) >= 11 is 0. The van der Waals surface area contributed by atoms with Crippen LogP contribution in [0.15, 0.2) is 41.0 Å². The molecule has 2 aromatic rings. The molecule has 0 aliphatic heterocycles. The highest BCUT2D eigenvalue weighted by molar-refractivity contribution is 5.67. The van der Waals surface area contributed by atoms with Gasteiger partial charge in [-0.3, -0.25) is 0 Å². The molecule has 2 nitrogen and oxygen atoms in total. The molecule has 0 atom stereocenters. The summed E-state index contributed by atoms with van der Waals surface area (Å²) in [7, 11) is 4.08. The molecule has 15 heavy (non-hydrogen) atoms. The highest BCUT2D eigenvalue weighted by atomic mass is 16.3. The van der Waals surface area contributed by atoms with Gasteiger partial charge in [-0.15, -0.1) is 0 Å². The van der Waals surface area contributed by atoms with E-state index < -0.39 is 0 Å². The van der Waals surface area contributed by atoms with Gasteiger partial charge in [0.05, 0.1) is 6.26 Å². The van der Waals surface area contributed by atoms with Crippen molar-refractivity contribution in [2.75, 3.05) is 19.0 Å². The van der Waals surface area contributed by atoms with Crippen molar-refractivity contribution in [1.82, 2.24) is 0 Å². The van der Waals surface area contributed by atoms with Crippen LogP contribution in [-0.4, -0.2) is 14.1 Å². The maximum atomic E-state index is 5.42. The molecule has 0 saturated heterocycles. The van der Waals surface area contributed by atoms with Gasteiger partial charge in [-0.1, -0.05) is 6.07 Å². The predicted molar refractivity (Wildman–Crippen MR) is 63.2 cm³/mol. The lowest BCUT2D eigenvalue weighted by molar-refractivity contribution is 0.582. The molecule has 0 fully saturated rings. The number of benzene rings is 1. The first kappa shape index (κ1) is 9.84. The van der Waals surface area contributed by atoms with Crippen molar-refractivity contribution in [3.05, 3.63) is 42.2 Å². The van der Waals surface area contributed by atoms with Gasteiger partial charge in [0, 0.05) is 25.3 Å². The second-order valence-corrected chi connectivity index (χ2v) is 3.87. The Morgan fingerprint density at radius 3 is 2.53 bits per heavy atom. The molecule has 0 bridgehead atoms. The monoisotopic (exact) mass is 201 g/mol. The van der Waals surface area contributed by atoms with Crippen molar-refractivity contribution in [2.45, 2.75) is 6.92 Å². The van der Waals surface area contributed by atoms with Gasteiger partial charge >= 0.3 is 0 Å². The molecule has 2 heteroatoms. The van der Waals surface area contributed by atoms with E-state index in [-0.39, 0.29) is 0 Å². The van der Waals surface area contributed by atoms with Gasteiger partial charge < -0.3 is 9.32 Å². The summed E-state index contributed by atoms with van der Waals surface area (Å²) in [5.41, 5.74) is 3.58. The molecule has 78 valence electrons. The van der Waals surface area contributed by atoms with Crippen LogP contribution in [0.25, 0.3) is 11.3 Å². The molecule has 1 aromatic heterocycles. The molecule has 1 aromatic carbocycles. The van der Waals surface area contributed by atoms with Crippen molar-refractivity contribution in [3.63, 3.8) is 0 Å². The van der Waals surface area contributed by atoms with Gasteiger partial charge in [0.15, 0.2) is 0 Å². The SMILES string of the molecule is Cc1ccc(N(C)C)cc1-c1ccco1. The van der Waals surface area contributed by atoms with E-state index in [1.807, 2.05) is 26.2 Å². The average molecular weight is 201 g/mol. The van der Waals surface area contributed by atoms with Crippen LogP contribution in [0.2, 0.25) is 0 Å². The first-order chi connectivity index (χ1) is 7.18. The number of hydrogen-bond donors (Lipinski definition) is 0. The third-order valence-corrected chi connectivity index (χ3v) is 2.52. The summed E-state index contributed by atoms with van der Waals surface area (Å²) in [6, 6.07) is 10.3. The second kappa shape index (κ2) is 3.81. The molecule has 0 amide bonds. The molecule has 0 radical (unpaired) electrons. The van der Waals surface area contributed by atoms with Crippen molar-refractivity contribution >= 4 is 5.69 Å². The standard InChI is InChI=1S/C13H15NO/c1-10-6-7-11(14(2)3)9-12(10)13-5-4-8-15-13/h4-9H,1-3H3. The maximum absolute atomic E-state index is 5.42. The normalized spacial score (nSPS) is 10.3. The number of anilines is 1. The van der Waals surface area contributed by atoms with Crippen LogP contribution in [0.5, 0.6) is 0 Å². The van der Waals surface area contributed by atoms with E-state index in [9.17, 15) is 0 Å². The molecule has 2 rings (SSSR count). The van der Waals surface area contributed by atoms with Gasteiger partial charge in [0.2, 0.25) is 0 Å². The minimum Gasteiger partial charge on any atom is -0.464 e. The summed E-state index contributed by atoms with van der Waals surface area (Å²) < 4.78 is 5.42. The van der Waals surface area contributed by atoms with Crippen molar-refractivity contribution in [1.29, 1.82) is 0 Å². The van der Waals surface area contributed by atoms with E-state index in [0.29, 0.717) is 0 Å². The van der Waals surface area contributed by atoms with Gasteiger partial charge in [0.1, 0.15) is 5.76 Å². The van der Waals surface area contributed by atoms with E-state index in [4.69, 9.17) is 4.42 Å². The number of rotatable bonds is 2. The fourth-order valence-corrected chi connectivity index (χ4v) is 1.59. The Bertz CT molecular complexity index is 444. The minimum atomic E-state index is 0.927. The van der Waals surface area contributed by atoms with E-state index in [0.717, 1.165) is 11.3 Å². The number of hydrogen-bond acceptors (Lipinski definition) is 2. The summed E-state index contributed by atoms with van der Waals surface area (Å²) in [6.07, 6.45) is 1.71. The van der Waals surface area contributed by atoms with Crippen LogP contribution in [0.3, 0.4) is 0 Å². The molecule has 0 aliphatic rings. The Morgan fingerprint density at radius 1 is 1.13 bits per heavy atom. The van der Waals surface area contributed by atoms with E-state index in [1.165, 1.54) is 11.3 Å². The Balaban J connectivity index is 2.51. The van der Waals surface area contributed by atoms with Crippen LogP contribution >= 0.6 is 0 Å². The van der Waals surface area contributed by atoms with Crippen molar-refractivity contribution < 1.29 is 4.42 Å². The highest BCUT2D eigenvalue weighted by Crippen LogP contribution is 2.27. The lowest BCUT2D eigenvalue weighted by Crippen LogP contribution is -2.08. The molecule has 0 aliphatic carbocycles. The zero-order chi connectivity index (χ0) is 10.8. The quantitative estimate of drug-likeness (QED) is 0.741. The number of aryl methyl sites for hydroxylation is 1. The van der Waals surface area contributed by atoms with Gasteiger partial charge in [-0.25, -0.2) is 0 Å². The maximum Gasteiger partial charge on any atom is 0.134 e. The molecule has 0 saturated carbocycles. The Hall–Kier alpha value is -1.70. The van der Waals surface area contributed by atoms with E-state index in [2.05, 4.69) is 30.0 Å². The number of furan rings is 1. The molecule has 0 unspecified atom stereocenters. The fraction of sp³-hybridized carbons (Fsp3) is 0.231. The highest BCUT2D eigenvalue weighted by Gasteiger charge is 2.06. The summed E-state index contributed by atoms with van der Waals surface area (Å²) in [5, 5.41) is 0. The van der Waals surface area contributed by atoms with Crippen molar-refractivity contribution in [2.24, 2.45) is 0 Å². The summed E-state index contributed by atoms with van der Waals surface area (Å²) in [6.45, 7) is 2.09. The average Bonchev–Trinajstić information content (AvgIpc) is 2.71. The largest absolute Gasteiger partial charge is 0.464 e. The zero-order valence-corrected chi connectivity index (χ0v) is 9.32. The predicted octanol–water partition coefficient (Wildman–Crippen LogP) is 3.32. The van der Waals surface area contributed by atoms with E-state index in [1.54, 1.807) is 6.26 Å². The fourth-order valence-electron chi connectivity index (χ4n) is 1.59. The zero-order valence-electron chi connectivity index (χ0n) is 9.32. The minimum absolute atomic E-state index is 0.927. The molecular formula is C13H15NO. The van der Waals surface area contributed by atoms with E-state index >= 15 is 0 Å². The Morgan fingerprint density at radius 2 is 1.93 bits per heavy atom. The Labute approximate surface area is 90.1 Å². The smallest absolute Gasteiger partial charge is 0.134 e. The lowest BCUT2D eigenvalue weighted by atomic mass is 10.1. The third-order valence-electron chi connectivity index (χ3n) is 2.52. The van der Waals surface area contributed by atoms with Gasteiger partial charge in [-0.05, 0) is 36.8 Å².